The quantitative estimate of drug-likeness (QED) is 0.487. The van der Waals surface area contributed by atoms with E-state index in [1.807, 2.05) is 55.5 Å². The van der Waals surface area contributed by atoms with Gasteiger partial charge >= 0.3 is 12.1 Å². The number of carboxylic acid groups (broad SMARTS) is 1. The van der Waals surface area contributed by atoms with Crippen LogP contribution in [0.25, 0.3) is 11.1 Å². The van der Waals surface area contributed by atoms with Crippen LogP contribution >= 0.6 is 11.8 Å². The number of thioether (sulfide) groups is 1. The van der Waals surface area contributed by atoms with Crippen LogP contribution in [0.3, 0.4) is 0 Å². The first kappa shape index (κ1) is 25.6. The highest BCUT2D eigenvalue weighted by atomic mass is 32.2. The molecule has 8 heteroatoms. The van der Waals surface area contributed by atoms with Crippen LogP contribution in [0, 0.1) is 0 Å². The Morgan fingerprint density at radius 1 is 1.00 bits per heavy atom. The van der Waals surface area contributed by atoms with Gasteiger partial charge in [0.15, 0.2) is 0 Å². The summed E-state index contributed by atoms with van der Waals surface area (Å²) in [5.74, 6) is -1.19. The first-order chi connectivity index (χ1) is 16.0. The van der Waals surface area contributed by atoms with Gasteiger partial charge in [-0.15, -0.1) is 0 Å². The fourth-order valence-electron chi connectivity index (χ4n) is 3.93. The van der Waals surface area contributed by atoms with Crippen molar-refractivity contribution < 1.29 is 24.2 Å². The number of fused-ring (bicyclic) bond motifs is 3. The van der Waals surface area contributed by atoms with Crippen LogP contribution in [0.2, 0.25) is 0 Å². The molecule has 2 unspecified atom stereocenters. The van der Waals surface area contributed by atoms with E-state index in [1.165, 1.54) is 0 Å². The first-order valence-corrected chi connectivity index (χ1v) is 12.3. The highest BCUT2D eigenvalue weighted by Crippen LogP contribution is 2.44. The molecule has 2 amide bonds. The molecule has 0 aliphatic heterocycles. The molecule has 1 aliphatic carbocycles. The summed E-state index contributed by atoms with van der Waals surface area (Å²) in [5, 5.41) is 14.5. The zero-order valence-corrected chi connectivity index (χ0v) is 20.8. The standard InChI is InChI=1S/C26H32N2O5S/c1-16(15-34-26(2,3)4)27-24(31)22(13-23(29)30)28-25(32)33-14-21-19-11-7-5-9-17(19)18-10-6-8-12-20(18)21/h5-12,16,21-22H,13-15H2,1-4H3,(H,27,31)(H,28,32)(H,29,30). The molecule has 7 nitrogen and oxygen atoms in total. The molecule has 0 spiro atoms. The molecule has 2 aromatic rings. The van der Waals surface area contributed by atoms with Crippen LogP contribution in [0.5, 0.6) is 0 Å². The molecule has 0 saturated heterocycles. The van der Waals surface area contributed by atoms with Gasteiger partial charge < -0.3 is 20.5 Å². The number of hydrogen-bond acceptors (Lipinski definition) is 5. The van der Waals surface area contributed by atoms with E-state index in [0.29, 0.717) is 5.75 Å². The van der Waals surface area contributed by atoms with Gasteiger partial charge in [-0.25, -0.2) is 4.79 Å². The third-order valence-corrected chi connectivity index (χ3v) is 7.02. The number of carbonyl (C=O) groups excluding carboxylic acids is 2. The number of amides is 2. The molecule has 0 heterocycles. The lowest BCUT2D eigenvalue weighted by molar-refractivity contribution is -0.139. The average molecular weight is 485 g/mol. The predicted octanol–water partition coefficient (Wildman–Crippen LogP) is 4.40. The van der Waals surface area contributed by atoms with Crippen molar-refractivity contribution in [3.63, 3.8) is 0 Å². The Balaban J connectivity index is 1.61. The van der Waals surface area contributed by atoms with Gasteiger partial charge in [-0.3, -0.25) is 9.59 Å². The zero-order valence-electron chi connectivity index (χ0n) is 20.0. The largest absolute Gasteiger partial charge is 0.481 e. The van der Waals surface area contributed by atoms with Crippen LogP contribution in [-0.2, 0) is 14.3 Å². The molecule has 2 atom stereocenters. The van der Waals surface area contributed by atoms with E-state index in [-0.39, 0.29) is 23.3 Å². The minimum Gasteiger partial charge on any atom is -0.481 e. The number of rotatable bonds is 9. The molecular weight excluding hydrogens is 452 g/mol. The Hall–Kier alpha value is -3.00. The molecule has 3 N–H and O–H groups in total. The summed E-state index contributed by atoms with van der Waals surface area (Å²) < 4.78 is 5.51. The van der Waals surface area contributed by atoms with Gasteiger partial charge in [-0.1, -0.05) is 69.3 Å². The van der Waals surface area contributed by atoms with E-state index in [4.69, 9.17) is 4.74 Å². The van der Waals surface area contributed by atoms with Crippen molar-refractivity contribution >= 4 is 29.7 Å². The Labute approximate surface area is 204 Å². The fourth-order valence-corrected chi connectivity index (χ4v) is 4.76. The van der Waals surface area contributed by atoms with Crippen LogP contribution in [0.4, 0.5) is 4.79 Å². The van der Waals surface area contributed by atoms with Crippen molar-refractivity contribution in [1.29, 1.82) is 0 Å². The molecule has 0 saturated carbocycles. The van der Waals surface area contributed by atoms with Crippen LogP contribution < -0.4 is 10.6 Å². The Kier molecular flexibility index (Phi) is 8.25. The second-order valence-electron chi connectivity index (χ2n) is 9.45. The third kappa shape index (κ3) is 6.76. The fraction of sp³-hybridized carbons (Fsp3) is 0.423. The van der Waals surface area contributed by atoms with E-state index >= 15 is 0 Å². The summed E-state index contributed by atoms with van der Waals surface area (Å²) in [5.41, 5.74) is 4.36. The number of nitrogens with one attached hydrogen (secondary N) is 2. The summed E-state index contributed by atoms with van der Waals surface area (Å²) in [7, 11) is 0. The number of benzene rings is 2. The van der Waals surface area contributed by atoms with Crippen LogP contribution in [0.1, 0.15) is 51.2 Å². The summed E-state index contributed by atoms with van der Waals surface area (Å²) in [4.78, 5) is 36.5. The molecule has 1 aliphatic rings. The van der Waals surface area contributed by atoms with Crippen LogP contribution in [-0.4, -0.2) is 52.3 Å². The molecule has 0 bridgehead atoms. The van der Waals surface area contributed by atoms with Gasteiger partial charge in [-0.05, 0) is 29.2 Å². The maximum absolute atomic E-state index is 12.7. The lowest BCUT2D eigenvalue weighted by Crippen LogP contribution is -2.50. The van der Waals surface area contributed by atoms with E-state index in [0.717, 1.165) is 22.3 Å². The number of carbonyl (C=O) groups is 3. The van der Waals surface area contributed by atoms with Gasteiger partial charge in [0.05, 0.1) is 6.42 Å². The normalized spacial score (nSPS) is 14.5. The van der Waals surface area contributed by atoms with Crippen molar-refractivity contribution in [2.24, 2.45) is 0 Å². The Morgan fingerprint density at radius 3 is 2.09 bits per heavy atom. The van der Waals surface area contributed by atoms with Crippen molar-refractivity contribution in [3.8, 4) is 11.1 Å². The highest BCUT2D eigenvalue weighted by Gasteiger charge is 2.30. The molecule has 0 fully saturated rings. The first-order valence-electron chi connectivity index (χ1n) is 11.3. The minimum absolute atomic E-state index is 0.0407. The van der Waals surface area contributed by atoms with E-state index in [9.17, 15) is 19.5 Å². The predicted molar refractivity (Wildman–Crippen MR) is 134 cm³/mol. The minimum atomic E-state index is -1.23. The SMILES string of the molecule is CC(CSC(C)(C)C)NC(=O)C(CC(=O)O)NC(=O)OCC1c2ccccc2-c2ccccc21. The van der Waals surface area contributed by atoms with Crippen molar-refractivity contribution in [1.82, 2.24) is 10.6 Å². The van der Waals surface area contributed by atoms with E-state index in [2.05, 4.69) is 31.4 Å². The third-order valence-electron chi connectivity index (χ3n) is 5.49. The number of carboxylic acids is 1. The van der Waals surface area contributed by atoms with Crippen molar-refractivity contribution in [2.45, 2.75) is 56.9 Å². The number of ether oxygens (including phenoxy) is 1. The van der Waals surface area contributed by atoms with Gasteiger partial charge in [0.1, 0.15) is 12.6 Å². The molecule has 0 aromatic heterocycles. The van der Waals surface area contributed by atoms with Crippen LogP contribution in [0.15, 0.2) is 48.5 Å². The number of alkyl carbamates (subject to hydrolysis) is 1. The summed E-state index contributed by atoms with van der Waals surface area (Å²) in [6.07, 6.45) is -1.35. The summed E-state index contributed by atoms with van der Waals surface area (Å²) in [6, 6.07) is 14.5. The molecular formula is C26H32N2O5S. The highest BCUT2D eigenvalue weighted by molar-refractivity contribution is 8.00. The van der Waals surface area contributed by atoms with Gasteiger partial charge in [0.2, 0.25) is 5.91 Å². The van der Waals surface area contributed by atoms with Gasteiger partial charge in [0, 0.05) is 22.5 Å². The maximum atomic E-state index is 12.7. The second kappa shape index (κ2) is 11.0. The molecule has 182 valence electrons. The average Bonchev–Trinajstić information content (AvgIpc) is 3.09. The second-order valence-corrected chi connectivity index (χ2v) is 11.3. The topological polar surface area (TPSA) is 105 Å². The monoisotopic (exact) mass is 484 g/mol. The molecule has 0 radical (unpaired) electrons. The number of aliphatic carboxylic acids is 1. The van der Waals surface area contributed by atoms with Gasteiger partial charge in [-0.2, -0.15) is 11.8 Å². The smallest absolute Gasteiger partial charge is 0.407 e. The zero-order chi connectivity index (χ0) is 24.9. The van der Waals surface area contributed by atoms with Crippen molar-refractivity contribution in [2.75, 3.05) is 12.4 Å². The lowest BCUT2D eigenvalue weighted by Gasteiger charge is -2.23. The number of hydrogen-bond donors (Lipinski definition) is 3. The molecule has 2 aromatic carbocycles. The molecule has 34 heavy (non-hydrogen) atoms. The van der Waals surface area contributed by atoms with Crippen molar-refractivity contribution in [3.05, 3.63) is 59.7 Å². The Bertz CT molecular complexity index is 1000. The van der Waals surface area contributed by atoms with Gasteiger partial charge in [0.25, 0.3) is 0 Å². The van der Waals surface area contributed by atoms with E-state index < -0.39 is 30.4 Å². The summed E-state index contributed by atoms with van der Waals surface area (Å²) in [6.45, 7) is 8.18. The molecule has 3 rings (SSSR count). The lowest BCUT2D eigenvalue weighted by atomic mass is 9.98. The Morgan fingerprint density at radius 2 is 1.56 bits per heavy atom. The maximum Gasteiger partial charge on any atom is 0.407 e. The van der Waals surface area contributed by atoms with E-state index in [1.54, 1.807) is 11.8 Å². The summed E-state index contributed by atoms with van der Waals surface area (Å²) >= 11 is 1.69.